The number of ether oxygens (including phenoxy) is 2. The van der Waals surface area contributed by atoms with Gasteiger partial charge in [0.05, 0.1) is 6.61 Å². The second-order valence-electron chi connectivity index (χ2n) is 4.38. The summed E-state index contributed by atoms with van der Waals surface area (Å²) >= 11 is 0. The molecule has 0 bridgehead atoms. The summed E-state index contributed by atoms with van der Waals surface area (Å²) in [5, 5.41) is 0. The first kappa shape index (κ1) is 13.2. The highest BCUT2D eigenvalue weighted by atomic mass is 16.5. The van der Waals surface area contributed by atoms with Gasteiger partial charge in [-0.2, -0.15) is 0 Å². The van der Waals surface area contributed by atoms with Crippen molar-refractivity contribution < 1.29 is 19.1 Å². The Balaban J connectivity index is 2.68. The maximum absolute atomic E-state index is 12.1. The van der Waals surface area contributed by atoms with Gasteiger partial charge in [0.15, 0.2) is 5.78 Å². The average molecular weight is 228 g/mol. The van der Waals surface area contributed by atoms with Crippen molar-refractivity contribution in [2.45, 2.75) is 39.7 Å². The zero-order valence-corrected chi connectivity index (χ0v) is 10.2. The van der Waals surface area contributed by atoms with E-state index < -0.39 is 18.0 Å². The van der Waals surface area contributed by atoms with E-state index in [0.717, 1.165) is 12.8 Å². The largest absolute Gasteiger partial charge is 0.465 e. The number of carbonyl (C=O) groups is 2. The van der Waals surface area contributed by atoms with Crippen molar-refractivity contribution in [3.05, 3.63) is 0 Å². The molecule has 1 fully saturated rings. The van der Waals surface area contributed by atoms with Crippen LogP contribution in [0.25, 0.3) is 0 Å². The molecule has 0 spiro atoms. The van der Waals surface area contributed by atoms with Crippen LogP contribution in [0, 0.1) is 11.8 Å². The minimum Gasteiger partial charge on any atom is -0.465 e. The van der Waals surface area contributed by atoms with Gasteiger partial charge in [0, 0.05) is 6.61 Å². The summed E-state index contributed by atoms with van der Waals surface area (Å²) in [6, 6.07) is 0. The summed E-state index contributed by atoms with van der Waals surface area (Å²) in [5.74, 6) is -1.26. The number of Topliss-reactive ketones (excluding diaryl/α,β-unsaturated/α-hetero) is 1. The van der Waals surface area contributed by atoms with Crippen LogP contribution in [-0.2, 0) is 19.1 Å². The van der Waals surface area contributed by atoms with Crippen molar-refractivity contribution in [1.82, 2.24) is 0 Å². The van der Waals surface area contributed by atoms with Crippen molar-refractivity contribution in [2.75, 3.05) is 13.2 Å². The van der Waals surface area contributed by atoms with Crippen molar-refractivity contribution in [2.24, 2.45) is 11.8 Å². The van der Waals surface area contributed by atoms with E-state index in [2.05, 4.69) is 0 Å². The van der Waals surface area contributed by atoms with Crippen LogP contribution in [0.4, 0.5) is 0 Å². The van der Waals surface area contributed by atoms with Gasteiger partial charge >= 0.3 is 5.97 Å². The third kappa shape index (κ3) is 3.04. The molecule has 2 atom stereocenters. The van der Waals surface area contributed by atoms with Crippen LogP contribution in [-0.4, -0.2) is 31.1 Å². The van der Waals surface area contributed by atoms with Crippen LogP contribution in [0.2, 0.25) is 0 Å². The molecule has 0 radical (unpaired) electrons. The van der Waals surface area contributed by atoms with Crippen LogP contribution in [0.15, 0.2) is 0 Å². The number of ketones is 1. The molecule has 0 aromatic carbocycles. The molecule has 4 nitrogen and oxygen atoms in total. The summed E-state index contributed by atoms with van der Waals surface area (Å²) in [6.07, 6.45) is 1.21. The monoisotopic (exact) mass is 228 g/mol. The van der Waals surface area contributed by atoms with Crippen LogP contribution >= 0.6 is 0 Å². The predicted octanol–water partition coefficient (Wildman–Crippen LogP) is 1.57. The lowest BCUT2D eigenvalue weighted by molar-refractivity contribution is -0.156. The third-order valence-corrected chi connectivity index (χ3v) is 2.76. The number of hydrogen-bond donors (Lipinski definition) is 0. The van der Waals surface area contributed by atoms with E-state index in [4.69, 9.17) is 9.47 Å². The lowest BCUT2D eigenvalue weighted by Gasteiger charge is -2.20. The van der Waals surface area contributed by atoms with Crippen molar-refractivity contribution in [1.29, 1.82) is 0 Å². The van der Waals surface area contributed by atoms with E-state index in [1.807, 2.05) is 13.8 Å². The van der Waals surface area contributed by atoms with Crippen molar-refractivity contribution in [3.63, 3.8) is 0 Å². The van der Waals surface area contributed by atoms with Crippen LogP contribution in [0.3, 0.4) is 0 Å². The SMILES string of the molecule is CCOC(=O)C(C(=O)C1CCCO1)C(C)C. The Labute approximate surface area is 96.3 Å². The molecule has 0 aromatic heterocycles. The molecule has 16 heavy (non-hydrogen) atoms. The number of carbonyl (C=O) groups excluding carboxylic acids is 2. The number of esters is 1. The first-order valence-electron chi connectivity index (χ1n) is 5.89. The minimum atomic E-state index is -0.678. The first-order valence-corrected chi connectivity index (χ1v) is 5.89. The molecule has 0 amide bonds. The van der Waals surface area contributed by atoms with E-state index in [-0.39, 0.29) is 11.7 Å². The van der Waals surface area contributed by atoms with Gasteiger partial charge < -0.3 is 9.47 Å². The molecule has 2 unspecified atom stereocenters. The van der Waals surface area contributed by atoms with Crippen molar-refractivity contribution >= 4 is 11.8 Å². The summed E-state index contributed by atoms with van der Waals surface area (Å²) in [7, 11) is 0. The molecule has 0 N–H and O–H groups in total. The zero-order valence-electron chi connectivity index (χ0n) is 10.2. The molecular weight excluding hydrogens is 208 g/mol. The summed E-state index contributed by atoms with van der Waals surface area (Å²) in [6.45, 7) is 6.37. The highest BCUT2D eigenvalue weighted by Crippen LogP contribution is 2.22. The number of hydrogen-bond acceptors (Lipinski definition) is 4. The fourth-order valence-corrected chi connectivity index (χ4v) is 1.95. The first-order chi connectivity index (χ1) is 7.57. The fraction of sp³-hybridized carbons (Fsp3) is 0.833. The summed E-state index contributed by atoms with van der Waals surface area (Å²) in [4.78, 5) is 23.8. The molecule has 92 valence electrons. The Bertz CT molecular complexity index is 254. The van der Waals surface area contributed by atoms with Gasteiger partial charge in [-0.1, -0.05) is 13.8 Å². The Morgan fingerprint density at radius 1 is 1.44 bits per heavy atom. The second-order valence-corrected chi connectivity index (χ2v) is 4.38. The maximum atomic E-state index is 12.1. The fourth-order valence-electron chi connectivity index (χ4n) is 1.95. The van der Waals surface area contributed by atoms with E-state index >= 15 is 0 Å². The lowest BCUT2D eigenvalue weighted by atomic mass is 9.88. The Morgan fingerprint density at radius 3 is 2.56 bits per heavy atom. The molecule has 0 aromatic rings. The highest BCUT2D eigenvalue weighted by molar-refractivity contribution is 6.01. The van der Waals surface area contributed by atoms with Gasteiger partial charge in [-0.15, -0.1) is 0 Å². The molecule has 1 aliphatic rings. The highest BCUT2D eigenvalue weighted by Gasteiger charge is 2.37. The standard InChI is InChI=1S/C12H20O4/c1-4-15-12(14)10(8(2)3)11(13)9-6-5-7-16-9/h8-10H,4-7H2,1-3H3. The van der Waals surface area contributed by atoms with E-state index in [0.29, 0.717) is 13.2 Å². The molecular formula is C12H20O4. The zero-order chi connectivity index (χ0) is 12.1. The van der Waals surface area contributed by atoms with Gasteiger partial charge in [-0.25, -0.2) is 0 Å². The second kappa shape index (κ2) is 5.99. The minimum absolute atomic E-state index is 0.0456. The van der Waals surface area contributed by atoms with Gasteiger partial charge in [-0.3, -0.25) is 9.59 Å². The molecule has 0 saturated carbocycles. The van der Waals surface area contributed by atoms with E-state index in [1.54, 1.807) is 6.92 Å². The van der Waals surface area contributed by atoms with Gasteiger partial charge in [0.25, 0.3) is 0 Å². The Morgan fingerprint density at radius 2 is 2.12 bits per heavy atom. The van der Waals surface area contributed by atoms with E-state index in [9.17, 15) is 9.59 Å². The lowest BCUT2D eigenvalue weighted by Crippen LogP contribution is -2.37. The van der Waals surface area contributed by atoms with E-state index in [1.165, 1.54) is 0 Å². The predicted molar refractivity (Wildman–Crippen MR) is 58.9 cm³/mol. The smallest absolute Gasteiger partial charge is 0.316 e. The Kier molecular flexibility index (Phi) is 4.93. The Hall–Kier alpha value is -0.900. The summed E-state index contributed by atoms with van der Waals surface area (Å²) < 4.78 is 10.2. The third-order valence-electron chi connectivity index (χ3n) is 2.76. The molecule has 1 aliphatic heterocycles. The molecule has 1 rings (SSSR count). The van der Waals surface area contributed by atoms with Crippen LogP contribution < -0.4 is 0 Å². The maximum Gasteiger partial charge on any atom is 0.316 e. The van der Waals surface area contributed by atoms with Crippen LogP contribution in [0.1, 0.15) is 33.6 Å². The van der Waals surface area contributed by atoms with Gasteiger partial charge in [-0.05, 0) is 25.7 Å². The molecule has 1 saturated heterocycles. The van der Waals surface area contributed by atoms with Crippen LogP contribution in [0.5, 0.6) is 0 Å². The van der Waals surface area contributed by atoms with Gasteiger partial charge in [0.2, 0.25) is 0 Å². The quantitative estimate of drug-likeness (QED) is 0.529. The summed E-state index contributed by atoms with van der Waals surface area (Å²) in [5.41, 5.74) is 0. The molecule has 4 heteroatoms. The molecule has 1 heterocycles. The average Bonchev–Trinajstić information content (AvgIpc) is 2.70. The van der Waals surface area contributed by atoms with Gasteiger partial charge in [0.1, 0.15) is 12.0 Å². The van der Waals surface area contributed by atoms with Crippen molar-refractivity contribution in [3.8, 4) is 0 Å². The topological polar surface area (TPSA) is 52.6 Å². The number of rotatable bonds is 5. The molecule has 0 aliphatic carbocycles. The normalized spacial score (nSPS) is 22.1.